The molecule has 0 aliphatic carbocycles. The maximum Gasteiger partial charge on any atom is 0.236 e. The maximum atomic E-state index is 11.9. The van der Waals surface area contributed by atoms with Crippen molar-refractivity contribution in [2.75, 3.05) is 39.8 Å². The van der Waals surface area contributed by atoms with Crippen LogP contribution in [0.3, 0.4) is 0 Å². The SMILES string of the molecule is CC1CN(CC(=O)N(C)CCCN)CCC1O. The second-order valence-corrected chi connectivity index (χ2v) is 5.03. The van der Waals surface area contributed by atoms with Gasteiger partial charge >= 0.3 is 0 Å². The summed E-state index contributed by atoms with van der Waals surface area (Å²) in [6, 6.07) is 0. The minimum absolute atomic E-state index is 0.141. The molecule has 0 spiro atoms. The summed E-state index contributed by atoms with van der Waals surface area (Å²) in [5.74, 6) is 0.396. The van der Waals surface area contributed by atoms with E-state index in [4.69, 9.17) is 5.73 Å². The molecule has 100 valence electrons. The molecule has 3 N–H and O–H groups in total. The van der Waals surface area contributed by atoms with E-state index in [2.05, 4.69) is 4.90 Å². The third-order valence-corrected chi connectivity index (χ3v) is 3.43. The number of carbonyl (C=O) groups excluding carboxylic acids is 1. The Kier molecular flexibility index (Phi) is 5.88. The second-order valence-electron chi connectivity index (χ2n) is 5.03. The summed E-state index contributed by atoms with van der Waals surface area (Å²) >= 11 is 0. The first-order valence-electron chi connectivity index (χ1n) is 6.39. The van der Waals surface area contributed by atoms with E-state index in [1.165, 1.54) is 0 Å². The molecule has 1 aliphatic rings. The number of hydrogen-bond acceptors (Lipinski definition) is 4. The molecule has 2 atom stereocenters. The number of piperidine rings is 1. The van der Waals surface area contributed by atoms with Crippen molar-refractivity contribution >= 4 is 5.91 Å². The molecule has 0 aromatic rings. The molecule has 1 heterocycles. The van der Waals surface area contributed by atoms with Crippen LogP contribution >= 0.6 is 0 Å². The van der Waals surface area contributed by atoms with Crippen molar-refractivity contribution in [1.82, 2.24) is 9.80 Å². The predicted molar refractivity (Wildman–Crippen MR) is 67.5 cm³/mol. The molecule has 2 unspecified atom stereocenters. The van der Waals surface area contributed by atoms with Crippen molar-refractivity contribution in [3.8, 4) is 0 Å². The number of rotatable bonds is 5. The molecule has 0 radical (unpaired) electrons. The third kappa shape index (κ3) is 4.61. The lowest BCUT2D eigenvalue weighted by Gasteiger charge is -2.34. The lowest BCUT2D eigenvalue weighted by molar-refractivity contribution is -0.132. The van der Waals surface area contributed by atoms with E-state index >= 15 is 0 Å². The lowest BCUT2D eigenvalue weighted by atomic mass is 9.97. The molecule has 1 fully saturated rings. The summed E-state index contributed by atoms with van der Waals surface area (Å²) in [6.45, 7) is 5.43. The first-order valence-corrected chi connectivity index (χ1v) is 6.39. The number of likely N-dealkylation sites (N-methyl/N-ethyl adjacent to an activating group) is 1. The van der Waals surface area contributed by atoms with Crippen LogP contribution < -0.4 is 5.73 Å². The van der Waals surface area contributed by atoms with Gasteiger partial charge in [0.05, 0.1) is 12.6 Å². The van der Waals surface area contributed by atoms with Gasteiger partial charge < -0.3 is 15.7 Å². The van der Waals surface area contributed by atoms with Crippen LogP contribution in [0.4, 0.5) is 0 Å². The number of nitrogens with two attached hydrogens (primary N) is 1. The van der Waals surface area contributed by atoms with Crippen molar-refractivity contribution < 1.29 is 9.90 Å². The molecule has 17 heavy (non-hydrogen) atoms. The molecular weight excluding hydrogens is 218 g/mol. The first-order chi connectivity index (χ1) is 8.04. The number of likely N-dealkylation sites (tertiary alicyclic amines) is 1. The zero-order valence-electron chi connectivity index (χ0n) is 10.9. The summed E-state index contributed by atoms with van der Waals surface area (Å²) in [4.78, 5) is 15.7. The first kappa shape index (κ1) is 14.4. The molecule has 1 amide bonds. The average Bonchev–Trinajstić information content (AvgIpc) is 2.30. The van der Waals surface area contributed by atoms with Gasteiger partial charge in [0, 0.05) is 26.7 Å². The Morgan fingerprint density at radius 3 is 2.88 bits per heavy atom. The molecule has 5 nitrogen and oxygen atoms in total. The normalized spacial score (nSPS) is 25.9. The van der Waals surface area contributed by atoms with Crippen LogP contribution in [0.2, 0.25) is 0 Å². The van der Waals surface area contributed by atoms with Crippen molar-refractivity contribution in [3.63, 3.8) is 0 Å². The van der Waals surface area contributed by atoms with E-state index < -0.39 is 0 Å². The van der Waals surface area contributed by atoms with Crippen molar-refractivity contribution in [3.05, 3.63) is 0 Å². The Morgan fingerprint density at radius 1 is 1.59 bits per heavy atom. The van der Waals surface area contributed by atoms with Crippen LogP contribution in [0.25, 0.3) is 0 Å². The van der Waals surface area contributed by atoms with Gasteiger partial charge in [0.25, 0.3) is 0 Å². The van der Waals surface area contributed by atoms with Gasteiger partial charge in [-0.05, 0) is 25.3 Å². The van der Waals surface area contributed by atoms with Gasteiger partial charge in [0.1, 0.15) is 0 Å². The van der Waals surface area contributed by atoms with Crippen molar-refractivity contribution in [2.24, 2.45) is 11.7 Å². The highest BCUT2D eigenvalue weighted by Gasteiger charge is 2.25. The van der Waals surface area contributed by atoms with Gasteiger partial charge in [-0.1, -0.05) is 6.92 Å². The van der Waals surface area contributed by atoms with Crippen LogP contribution in [-0.2, 0) is 4.79 Å². The number of carbonyl (C=O) groups is 1. The molecule has 0 bridgehead atoms. The van der Waals surface area contributed by atoms with Gasteiger partial charge in [0.2, 0.25) is 5.91 Å². The number of nitrogens with zero attached hydrogens (tertiary/aromatic N) is 2. The predicted octanol–water partition coefficient (Wildman–Crippen LogP) is -0.504. The van der Waals surface area contributed by atoms with Crippen LogP contribution in [0.15, 0.2) is 0 Å². The Labute approximate surface area is 104 Å². The Morgan fingerprint density at radius 2 is 2.29 bits per heavy atom. The minimum atomic E-state index is -0.212. The molecule has 1 aliphatic heterocycles. The Hall–Kier alpha value is -0.650. The van der Waals surface area contributed by atoms with E-state index in [0.717, 1.165) is 32.5 Å². The highest BCUT2D eigenvalue weighted by Crippen LogP contribution is 2.16. The van der Waals surface area contributed by atoms with E-state index in [9.17, 15) is 9.90 Å². The number of hydrogen-bond donors (Lipinski definition) is 2. The van der Waals surface area contributed by atoms with E-state index in [-0.39, 0.29) is 17.9 Å². The molecule has 0 saturated carbocycles. The highest BCUT2D eigenvalue weighted by molar-refractivity contribution is 5.77. The third-order valence-electron chi connectivity index (χ3n) is 3.43. The van der Waals surface area contributed by atoms with Crippen molar-refractivity contribution in [1.29, 1.82) is 0 Å². The van der Waals surface area contributed by atoms with Gasteiger partial charge in [-0.15, -0.1) is 0 Å². The lowest BCUT2D eigenvalue weighted by Crippen LogP contribution is -2.46. The van der Waals surface area contributed by atoms with Crippen LogP contribution in [0.1, 0.15) is 19.8 Å². The highest BCUT2D eigenvalue weighted by atomic mass is 16.3. The summed E-state index contributed by atoms with van der Waals surface area (Å²) in [5.41, 5.74) is 5.42. The Balaban J connectivity index is 2.31. The standard InChI is InChI=1S/C12H25N3O2/c1-10-8-15(7-4-11(10)16)9-12(17)14(2)6-3-5-13/h10-11,16H,3-9,13H2,1-2H3. The fourth-order valence-corrected chi connectivity index (χ4v) is 2.13. The second kappa shape index (κ2) is 6.93. The maximum absolute atomic E-state index is 11.9. The van der Waals surface area contributed by atoms with Gasteiger partial charge in [0.15, 0.2) is 0 Å². The number of aliphatic hydroxyl groups is 1. The number of amides is 1. The van der Waals surface area contributed by atoms with E-state index in [1.807, 2.05) is 14.0 Å². The summed E-state index contributed by atoms with van der Waals surface area (Å²) in [7, 11) is 1.82. The number of aliphatic hydroxyl groups excluding tert-OH is 1. The van der Waals surface area contributed by atoms with Gasteiger partial charge in [-0.25, -0.2) is 0 Å². The van der Waals surface area contributed by atoms with E-state index in [1.54, 1.807) is 4.90 Å². The van der Waals surface area contributed by atoms with Gasteiger partial charge in [-0.3, -0.25) is 9.69 Å². The minimum Gasteiger partial charge on any atom is -0.393 e. The molecule has 0 aromatic carbocycles. The fraction of sp³-hybridized carbons (Fsp3) is 0.917. The molecular formula is C12H25N3O2. The largest absolute Gasteiger partial charge is 0.393 e. The topological polar surface area (TPSA) is 69.8 Å². The van der Waals surface area contributed by atoms with Crippen LogP contribution in [0.5, 0.6) is 0 Å². The van der Waals surface area contributed by atoms with Crippen LogP contribution in [0, 0.1) is 5.92 Å². The molecule has 5 heteroatoms. The quantitative estimate of drug-likeness (QED) is 0.683. The fourth-order valence-electron chi connectivity index (χ4n) is 2.13. The summed E-state index contributed by atoms with van der Waals surface area (Å²) in [5, 5.41) is 9.62. The molecule has 1 rings (SSSR count). The average molecular weight is 243 g/mol. The van der Waals surface area contributed by atoms with Crippen molar-refractivity contribution in [2.45, 2.75) is 25.9 Å². The summed E-state index contributed by atoms with van der Waals surface area (Å²) < 4.78 is 0. The van der Waals surface area contributed by atoms with Crippen LogP contribution in [-0.4, -0.2) is 66.7 Å². The zero-order chi connectivity index (χ0) is 12.8. The molecule has 0 aromatic heterocycles. The molecule has 1 saturated heterocycles. The zero-order valence-corrected chi connectivity index (χ0v) is 10.9. The summed E-state index contributed by atoms with van der Waals surface area (Å²) in [6.07, 6.45) is 1.40. The smallest absolute Gasteiger partial charge is 0.236 e. The monoisotopic (exact) mass is 243 g/mol. The Bertz CT molecular complexity index is 248. The van der Waals surface area contributed by atoms with E-state index in [0.29, 0.717) is 13.1 Å². The van der Waals surface area contributed by atoms with Gasteiger partial charge in [-0.2, -0.15) is 0 Å².